The molecule has 0 fully saturated rings. The van der Waals surface area contributed by atoms with Crippen molar-refractivity contribution in [3.8, 4) is 0 Å². The Balaban J connectivity index is 2.77. The van der Waals surface area contributed by atoms with Crippen molar-refractivity contribution in [1.29, 1.82) is 0 Å². The lowest BCUT2D eigenvalue weighted by atomic mass is 10.4. The van der Waals surface area contributed by atoms with Crippen molar-refractivity contribution < 1.29 is 9.74 Å². The smallest absolute Gasteiger partial charge is 0.199 e. The first kappa shape index (κ1) is 8.47. The van der Waals surface area contributed by atoms with Crippen molar-refractivity contribution in [3.05, 3.63) is 5.69 Å². The monoisotopic (exact) mass is 171 g/mol. The second-order valence-corrected chi connectivity index (χ2v) is 1.99. The maximum atomic E-state index is 8.43. The van der Waals surface area contributed by atoms with E-state index in [2.05, 4.69) is 19.9 Å². The van der Waals surface area contributed by atoms with Crippen LogP contribution in [0.3, 0.4) is 0 Å². The summed E-state index contributed by atoms with van der Waals surface area (Å²) in [5.74, 6) is 0.206. The van der Waals surface area contributed by atoms with Crippen LogP contribution in [0.1, 0.15) is 5.69 Å². The van der Waals surface area contributed by atoms with Crippen molar-refractivity contribution >= 4 is 11.7 Å². The van der Waals surface area contributed by atoms with Gasteiger partial charge < -0.3 is 16.6 Å². The zero-order valence-corrected chi connectivity index (χ0v) is 6.27. The second-order valence-electron chi connectivity index (χ2n) is 1.99. The van der Waals surface area contributed by atoms with E-state index in [1.165, 1.54) is 0 Å². The van der Waals surface area contributed by atoms with Gasteiger partial charge in [0, 0.05) is 0 Å². The number of nitrogens with two attached hydrogens (primary N) is 2. The molecule has 7 heteroatoms. The molecule has 0 bridgehead atoms. The molecule has 0 unspecified atom stereocenters. The highest BCUT2D eigenvalue weighted by atomic mass is 16.6. The molecule has 1 rings (SSSR count). The molecule has 0 spiro atoms. The molecule has 66 valence electrons. The van der Waals surface area contributed by atoms with Gasteiger partial charge in [0.1, 0.15) is 0 Å². The molecule has 1 aromatic rings. The molecule has 0 saturated heterocycles. The average molecular weight is 171 g/mol. The SMILES string of the molecule is NC(=NCCO)c1nonc1N. The van der Waals surface area contributed by atoms with E-state index in [1.807, 2.05) is 0 Å². The average Bonchev–Trinajstić information content (AvgIpc) is 2.47. The molecule has 0 atom stereocenters. The first-order valence-electron chi connectivity index (χ1n) is 3.25. The number of amidine groups is 1. The summed E-state index contributed by atoms with van der Waals surface area (Å²) in [5, 5.41) is 15.2. The normalized spacial score (nSPS) is 11.9. The lowest BCUT2D eigenvalue weighted by Gasteiger charge is -1.93. The Bertz CT molecular complexity index is 281. The third kappa shape index (κ3) is 1.70. The van der Waals surface area contributed by atoms with Crippen LogP contribution in [0.2, 0.25) is 0 Å². The van der Waals surface area contributed by atoms with E-state index < -0.39 is 0 Å². The fourth-order valence-corrected chi connectivity index (χ4v) is 0.619. The van der Waals surface area contributed by atoms with E-state index in [-0.39, 0.29) is 30.5 Å². The largest absolute Gasteiger partial charge is 0.394 e. The van der Waals surface area contributed by atoms with Gasteiger partial charge >= 0.3 is 0 Å². The quantitative estimate of drug-likeness (QED) is 0.369. The molecule has 0 radical (unpaired) electrons. The van der Waals surface area contributed by atoms with E-state index >= 15 is 0 Å². The number of hydrogen-bond donors (Lipinski definition) is 3. The maximum absolute atomic E-state index is 8.43. The van der Waals surface area contributed by atoms with Gasteiger partial charge in [0.2, 0.25) is 0 Å². The molecule has 1 heterocycles. The fourth-order valence-electron chi connectivity index (χ4n) is 0.619. The van der Waals surface area contributed by atoms with Crippen LogP contribution in [-0.4, -0.2) is 34.4 Å². The van der Waals surface area contributed by atoms with Crippen molar-refractivity contribution in [2.75, 3.05) is 18.9 Å². The van der Waals surface area contributed by atoms with Crippen LogP contribution in [0.4, 0.5) is 5.82 Å². The van der Waals surface area contributed by atoms with E-state index in [0.29, 0.717) is 0 Å². The number of nitrogen functional groups attached to an aromatic ring is 1. The molecular formula is C5H9N5O2. The molecule has 0 aromatic carbocycles. The predicted octanol–water partition coefficient (Wildman–Crippen LogP) is -1.65. The van der Waals surface area contributed by atoms with Gasteiger partial charge in [-0.25, -0.2) is 4.63 Å². The molecule has 1 aromatic heterocycles. The number of hydrogen-bond acceptors (Lipinski definition) is 6. The summed E-state index contributed by atoms with van der Waals surface area (Å²) >= 11 is 0. The Morgan fingerprint density at radius 1 is 1.58 bits per heavy atom. The molecule has 0 aliphatic rings. The Morgan fingerprint density at radius 3 is 2.83 bits per heavy atom. The summed E-state index contributed by atoms with van der Waals surface area (Å²) in [6.07, 6.45) is 0. The van der Waals surface area contributed by atoms with Crippen LogP contribution in [0.15, 0.2) is 9.62 Å². The van der Waals surface area contributed by atoms with E-state index in [4.69, 9.17) is 16.6 Å². The van der Waals surface area contributed by atoms with E-state index in [9.17, 15) is 0 Å². The third-order valence-electron chi connectivity index (χ3n) is 1.14. The summed E-state index contributed by atoms with van der Waals surface area (Å²) < 4.78 is 4.30. The summed E-state index contributed by atoms with van der Waals surface area (Å²) in [6.45, 7) is 0.129. The lowest BCUT2D eigenvalue weighted by molar-refractivity contribution is 0.305. The predicted molar refractivity (Wildman–Crippen MR) is 41.4 cm³/mol. The topological polar surface area (TPSA) is 124 Å². The summed E-state index contributed by atoms with van der Waals surface area (Å²) in [4.78, 5) is 3.75. The number of aliphatic hydroxyl groups excluding tert-OH is 1. The van der Waals surface area contributed by atoms with Gasteiger partial charge in [0.25, 0.3) is 0 Å². The van der Waals surface area contributed by atoms with Gasteiger partial charge in [0.05, 0.1) is 13.2 Å². The van der Waals surface area contributed by atoms with E-state index in [0.717, 1.165) is 0 Å². The molecular weight excluding hydrogens is 162 g/mol. The Kier molecular flexibility index (Phi) is 2.59. The van der Waals surface area contributed by atoms with Gasteiger partial charge in [-0.05, 0) is 10.3 Å². The second kappa shape index (κ2) is 3.67. The van der Waals surface area contributed by atoms with Gasteiger partial charge in [-0.1, -0.05) is 0 Å². The summed E-state index contributed by atoms with van der Waals surface area (Å²) in [5.41, 5.74) is 11.0. The van der Waals surface area contributed by atoms with Gasteiger partial charge in [-0.2, -0.15) is 0 Å². The summed E-state index contributed by atoms with van der Waals surface area (Å²) in [7, 11) is 0. The lowest BCUT2D eigenvalue weighted by Crippen LogP contribution is -2.16. The zero-order valence-electron chi connectivity index (χ0n) is 6.27. The molecule has 0 saturated carbocycles. The highest BCUT2D eigenvalue weighted by molar-refractivity contribution is 5.99. The zero-order chi connectivity index (χ0) is 8.97. The first-order chi connectivity index (χ1) is 5.75. The van der Waals surface area contributed by atoms with Crippen LogP contribution >= 0.6 is 0 Å². The maximum Gasteiger partial charge on any atom is 0.199 e. The van der Waals surface area contributed by atoms with Crippen LogP contribution in [-0.2, 0) is 0 Å². The number of aliphatic imine (C=N–C) groups is 1. The van der Waals surface area contributed by atoms with Gasteiger partial charge in [-0.15, -0.1) is 0 Å². The van der Waals surface area contributed by atoms with Crippen LogP contribution < -0.4 is 11.5 Å². The van der Waals surface area contributed by atoms with Crippen LogP contribution in [0, 0.1) is 0 Å². The highest BCUT2D eigenvalue weighted by Gasteiger charge is 2.09. The molecule has 12 heavy (non-hydrogen) atoms. The Labute approximate surface area is 68.0 Å². The van der Waals surface area contributed by atoms with Gasteiger partial charge in [-0.3, -0.25) is 4.99 Å². The standard InChI is InChI=1S/C5H9N5O2/c6-4(8-1-2-11)3-5(7)10-12-9-3/h11H,1-2H2,(H2,6,8)(H2,7,10). The minimum atomic E-state index is -0.0775. The number of aromatic nitrogens is 2. The number of anilines is 1. The molecule has 0 amide bonds. The molecule has 7 nitrogen and oxygen atoms in total. The Hall–Kier alpha value is -1.63. The molecule has 5 N–H and O–H groups in total. The van der Waals surface area contributed by atoms with E-state index in [1.54, 1.807) is 0 Å². The number of nitrogens with zero attached hydrogens (tertiary/aromatic N) is 3. The minimum Gasteiger partial charge on any atom is -0.394 e. The fraction of sp³-hybridized carbons (Fsp3) is 0.400. The van der Waals surface area contributed by atoms with Crippen molar-refractivity contribution in [3.63, 3.8) is 0 Å². The third-order valence-corrected chi connectivity index (χ3v) is 1.14. The Morgan fingerprint density at radius 2 is 2.33 bits per heavy atom. The van der Waals surface area contributed by atoms with Crippen molar-refractivity contribution in [2.45, 2.75) is 0 Å². The first-order valence-corrected chi connectivity index (χ1v) is 3.25. The summed E-state index contributed by atoms with van der Waals surface area (Å²) in [6, 6.07) is 0. The minimum absolute atomic E-state index is 0.0775. The molecule has 0 aliphatic heterocycles. The molecule has 0 aliphatic carbocycles. The number of aliphatic hydroxyl groups is 1. The highest BCUT2D eigenvalue weighted by Crippen LogP contribution is 2.02. The van der Waals surface area contributed by atoms with Gasteiger partial charge in [0.15, 0.2) is 17.3 Å². The van der Waals surface area contributed by atoms with Crippen LogP contribution in [0.25, 0.3) is 0 Å². The van der Waals surface area contributed by atoms with Crippen molar-refractivity contribution in [2.24, 2.45) is 10.7 Å². The van der Waals surface area contributed by atoms with Crippen LogP contribution in [0.5, 0.6) is 0 Å². The number of rotatable bonds is 3. The van der Waals surface area contributed by atoms with Crippen molar-refractivity contribution in [1.82, 2.24) is 10.3 Å².